The maximum Gasteiger partial charge on any atom is 0.139 e. The summed E-state index contributed by atoms with van der Waals surface area (Å²) in [5, 5.41) is 0. The van der Waals surface area contributed by atoms with Gasteiger partial charge in [0.25, 0.3) is 0 Å². The predicted molar refractivity (Wildman–Crippen MR) is 83.3 cm³/mol. The van der Waals surface area contributed by atoms with Crippen molar-refractivity contribution in [3.8, 4) is 22.6 Å². The van der Waals surface area contributed by atoms with Gasteiger partial charge in [-0.25, -0.2) is 4.98 Å². The van der Waals surface area contributed by atoms with Crippen LogP contribution in [0.5, 0.6) is 0 Å². The van der Waals surface area contributed by atoms with Crippen LogP contribution in [0, 0.1) is 13.8 Å². The van der Waals surface area contributed by atoms with Crippen molar-refractivity contribution < 1.29 is 0 Å². The third kappa shape index (κ3) is 2.30. The average Bonchev–Trinajstić information content (AvgIpc) is 2.87. The maximum absolute atomic E-state index is 5.99. The van der Waals surface area contributed by atoms with Gasteiger partial charge < -0.3 is 10.7 Å². The number of nitrogens with zero attached hydrogens (tertiary/aromatic N) is 1. The molecule has 0 fully saturated rings. The maximum atomic E-state index is 5.99. The van der Waals surface area contributed by atoms with Crippen molar-refractivity contribution in [2.45, 2.75) is 13.8 Å². The minimum absolute atomic E-state index is 0.730. The fourth-order valence-corrected chi connectivity index (χ4v) is 2.45. The highest BCUT2D eigenvalue weighted by atomic mass is 14.9. The SMILES string of the molecule is Cc1cc(C)cc(-c2cnc(-c3ccccc3N)[nH]2)c1. The van der Waals surface area contributed by atoms with Crippen molar-refractivity contribution in [1.29, 1.82) is 0 Å². The Morgan fingerprint density at radius 3 is 2.40 bits per heavy atom. The summed E-state index contributed by atoms with van der Waals surface area (Å²) < 4.78 is 0. The molecular formula is C17H17N3. The van der Waals surface area contributed by atoms with Crippen molar-refractivity contribution in [3.05, 3.63) is 59.8 Å². The lowest BCUT2D eigenvalue weighted by atomic mass is 10.1. The van der Waals surface area contributed by atoms with Crippen LogP contribution in [0.2, 0.25) is 0 Å². The van der Waals surface area contributed by atoms with Gasteiger partial charge in [0.2, 0.25) is 0 Å². The van der Waals surface area contributed by atoms with Gasteiger partial charge in [0.15, 0.2) is 0 Å². The van der Waals surface area contributed by atoms with Gasteiger partial charge >= 0.3 is 0 Å². The van der Waals surface area contributed by atoms with Gasteiger partial charge in [-0.2, -0.15) is 0 Å². The molecule has 3 N–H and O–H groups in total. The Balaban J connectivity index is 2.04. The highest BCUT2D eigenvalue weighted by Crippen LogP contribution is 2.26. The highest BCUT2D eigenvalue weighted by molar-refractivity contribution is 5.73. The number of aryl methyl sites for hydroxylation is 2. The molecule has 0 radical (unpaired) electrons. The number of anilines is 1. The summed E-state index contributed by atoms with van der Waals surface area (Å²) in [6.07, 6.45) is 1.86. The molecule has 3 nitrogen and oxygen atoms in total. The molecule has 0 atom stereocenters. The third-order valence-corrected chi connectivity index (χ3v) is 3.32. The molecular weight excluding hydrogens is 246 g/mol. The number of aromatic amines is 1. The van der Waals surface area contributed by atoms with E-state index in [1.54, 1.807) is 0 Å². The normalized spacial score (nSPS) is 10.7. The average molecular weight is 263 g/mol. The van der Waals surface area contributed by atoms with E-state index in [1.165, 1.54) is 11.1 Å². The Morgan fingerprint density at radius 1 is 1.00 bits per heavy atom. The summed E-state index contributed by atoms with van der Waals surface area (Å²) in [6, 6.07) is 14.2. The molecule has 20 heavy (non-hydrogen) atoms. The zero-order chi connectivity index (χ0) is 14.1. The lowest BCUT2D eigenvalue weighted by Crippen LogP contribution is -1.90. The lowest BCUT2D eigenvalue weighted by Gasteiger charge is -2.03. The van der Waals surface area contributed by atoms with Gasteiger partial charge in [0.1, 0.15) is 5.82 Å². The zero-order valence-corrected chi connectivity index (χ0v) is 11.6. The van der Waals surface area contributed by atoms with Crippen LogP contribution in [0.4, 0.5) is 5.69 Å². The number of hydrogen-bond donors (Lipinski definition) is 2. The first-order valence-corrected chi connectivity index (χ1v) is 6.62. The topological polar surface area (TPSA) is 54.7 Å². The fourth-order valence-electron chi connectivity index (χ4n) is 2.45. The zero-order valence-electron chi connectivity index (χ0n) is 11.6. The van der Waals surface area contributed by atoms with Crippen molar-refractivity contribution in [3.63, 3.8) is 0 Å². The van der Waals surface area contributed by atoms with Crippen molar-refractivity contribution in [1.82, 2.24) is 9.97 Å². The molecule has 0 unspecified atom stereocenters. The largest absolute Gasteiger partial charge is 0.398 e. The molecule has 0 aliphatic rings. The lowest BCUT2D eigenvalue weighted by molar-refractivity contribution is 1.31. The molecule has 1 heterocycles. The van der Waals surface area contributed by atoms with Crippen LogP contribution in [0.15, 0.2) is 48.7 Å². The van der Waals surface area contributed by atoms with E-state index in [1.807, 2.05) is 30.5 Å². The molecule has 0 saturated carbocycles. The van der Waals surface area contributed by atoms with Crippen LogP contribution < -0.4 is 5.73 Å². The van der Waals surface area contributed by atoms with Crippen LogP contribution in [0.25, 0.3) is 22.6 Å². The number of nitrogens with two attached hydrogens (primary N) is 1. The molecule has 0 bridgehead atoms. The second-order valence-corrected chi connectivity index (χ2v) is 5.11. The first kappa shape index (κ1) is 12.5. The van der Waals surface area contributed by atoms with E-state index in [-0.39, 0.29) is 0 Å². The standard InChI is InChI=1S/C17H17N3/c1-11-7-12(2)9-13(8-11)16-10-19-17(20-16)14-5-3-4-6-15(14)18/h3-10H,18H2,1-2H3,(H,19,20). The summed E-state index contributed by atoms with van der Waals surface area (Å²) in [4.78, 5) is 7.80. The van der Waals surface area contributed by atoms with Gasteiger partial charge in [-0.15, -0.1) is 0 Å². The van der Waals surface area contributed by atoms with Gasteiger partial charge in [0.05, 0.1) is 11.9 Å². The van der Waals surface area contributed by atoms with E-state index in [4.69, 9.17) is 5.73 Å². The number of aromatic nitrogens is 2. The fraction of sp³-hybridized carbons (Fsp3) is 0.118. The minimum atomic E-state index is 0.730. The Labute approximate surface area is 118 Å². The number of nitrogen functional groups attached to an aromatic ring is 1. The number of rotatable bonds is 2. The third-order valence-electron chi connectivity index (χ3n) is 3.32. The molecule has 0 spiro atoms. The Bertz CT molecular complexity index is 736. The molecule has 0 saturated heterocycles. The first-order valence-electron chi connectivity index (χ1n) is 6.62. The molecule has 1 aromatic heterocycles. The molecule has 3 rings (SSSR count). The van der Waals surface area contributed by atoms with E-state index in [9.17, 15) is 0 Å². The summed E-state index contributed by atoms with van der Waals surface area (Å²) in [5.74, 6) is 0.803. The predicted octanol–water partition coefficient (Wildman–Crippen LogP) is 3.94. The van der Waals surface area contributed by atoms with Crippen LogP contribution in [0.1, 0.15) is 11.1 Å². The summed E-state index contributed by atoms with van der Waals surface area (Å²) >= 11 is 0. The number of benzene rings is 2. The van der Waals surface area contributed by atoms with Crippen LogP contribution in [-0.4, -0.2) is 9.97 Å². The number of nitrogens with one attached hydrogen (secondary N) is 1. The Kier molecular flexibility index (Phi) is 3.03. The van der Waals surface area contributed by atoms with E-state index in [2.05, 4.69) is 42.0 Å². The van der Waals surface area contributed by atoms with Gasteiger partial charge in [0, 0.05) is 16.8 Å². The molecule has 3 aromatic rings. The first-order chi connectivity index (χ1) is 9.63. The van der Waals surface area contributed by atoms with Gasteiger partial charge in [-0.1, -0.05) is 29.3 Å². The summed E-state index contributed by atoms with van der Waals surface area (Å²) in [7, 11) is 0. The number of para-hydroxylation sites is 1. The Hall–Kier alpha value is -2.55. The van der Waals surface area contributed by atoms with E-state index in [0.717, 1.165) is 28.3 Å². The van der Waals surface area contributed by atoms with Crippen LogP contribution >= 0.6 is 0 Å². The quantitative estimate of drug-likeness (QED) is 0.688. The van der Waals surface area contributed by atoms with Gasteiger partial charge in [-0.3, -0.25) is 0 Å². The van der Waals surface area contributed by atoms with Crippen molar-refractivity contribution in [2.24, 2.45) is 0 Å². The van der Waals surface area contributed by atoms with Crippen molar-refractivity contribution in [2.75, 3.05) is 5.73 Å². The van der Waals surface area contributed by atoms with Crippen LogP contribution in [-0.2, 0) is 0 Å². The molecule has 0 aliphatic heterocycles. The molecule has 0 amide bonds. The number of hydrogen-bond acceptors (Lipinski definition) is 2. The summed E-state index contributed by atoms with van der Waals surface area (Å²) in [5.41, 5.74) is 12.3. The second kappa shape index (κ2) is 4.85. The number of imidazole rings is 1. The monoisotopic (exact) mass is 263 g/mol. The molecule has 2 aromatic carbocycles. The van der Waals surface area contributed by atoms with E-state index in [0.29, 0.717) is 0 Å². The molecule has 0 aliphatic carbocycles. The smallest absolute Gasteiger partial charge is 0.139 e. The minimum Gasteiger partial charge on any atom is -0.398 e. The van der Waals surface area contributed by atoms with E-state index < -0.39 is 0 Å². The Morgan fingerprint density at radius 2 is 1.70 bits per heavy atom. The van der Waals surface area contributed by atoms with Crippen LogP contribution in [0.3, 0.4) is 0 Å². The highest BCUT2D eigenvalue weighted by Gasteiger charge is 2.08. The molecule has 100 valence electrons. The second-order valence-electron chi connectivity index (χ2n) is 5.11. The van der Waals surface area contributed by atoms with Crippen molar-refractivity contribution >= 4 is 5.69 Å². The van der Waals surface area contributed by atoms with Gasteiger partial charge in [-0.05, 0) is 38.1 Å². The van der Waals surface area contributed by atoms with E-state index >= 15 is 0 Å². The summed E-state index contributed by atoms with van der Waals surface area (Å²) in [6.45, 7) is 4.20. The molecule has 3 heteroatoms. The number of H-pyrrole nitrogens is 1.